The highest BCUT2D eigenvalue weighted by Gasteiger charge is 2.22. The normalized spacial score (nSPS) is 10.8. The van der Waals surface area contributed by atoms with E-state index in [9.17, 15) is 24.4 Å². The van der Waals surface area contributed by atoms with E-state index in [0.717, 1.165) is 71.1 Å². The predicted octanol–water partition coefficient (Wildman–Crippen LogP) is 15.6. The van der Waals surface area contributed by atoms with Gasteiger partial charge in [0.25, 0.3) is 0 Å². The average Bonchev–Trinajstić information content (AvgIpc) is 3.47. The molecule has 1 N–H and O–H groups in total. The van der Waals surface area contributed by atoms with Crippen LogP contribution in [0.4, 0.5) is 0 Å². The van der Waals surface area contributed by atoms with Crippen molar-refractivity contribution in [1.82, 2.24) is 0 Å². The highest BCUT2D eigenvalue weighted by molar-refractivity contribution is 14.1. The molecule has 0 unspecified atom stereocenters. The second-order valence-electron chi connectivity index (χ2n) is 12.9. The first kappa shape index (κ1) is 73.4. The number of carboxylic acids is 1. The van der Waals surface area contributed by atoms with Gasteiger partial charge in [-0.2, -0.15) is 10.5 Å². The Kier molecular flexibility index (Phi) is 48.4. The Balaban J connectivity index is -0.000000421. The van der Waals surface area contributed by atoms with Crippen molar-refractivity contribution in [3.8, 4) is 35.1 Å². The third-order valence-corrected chi connectivity index (χ3v) is 9.52. The van der Waals surface area contributed by atoms with Crippen LogP contribution in [0.25, 0.3) is 0 Å². The van der Waals surface area contributed by atoms with E-state index in [0.29, 0.717) is 71.5 Å². The van der Waals surface area contributed by atoms with Crippen LogP contribution >= 0.6 is 22.6 Å². The van der Waals surface area contributed by atoms with Crippen molar-refractivity contribution in [2.75, 3.05) is 33.0 Å². The van der Waals surface area contributed by atoms with Gasteiger partial charge < -0.3 is 33.5 Å². The molecule has 0 aromatic heterocycles. The van der Waals surface area contributed by atoms with E-state index >= 15 is 0 Å². The lowest BCUT2D eigenvalue weighted by Crippen LogP contribution is -2.14. The average molecular weight is 1130 g/mol. The molecule has 7 rings (SSSR count). The number of hydrogen-bond acceptors (Lipinski definition) is 12. The second-order valence-corrected chi connectivity index (χ2v) is 14.1. The number of carbonyl (C=O) groups excluding carboxylic acids is 3. The van der Waals surface area contributed by atoms with Gasteiger partial charge in [0.1, 0.15) is 35.1 Å². The van der Waals surface area contributed by atoms with Crippen LogP contribution < -0.4 is 18.9 Å². The fourth-order valence-electron chi connectivity index (χ4n) is 6.00. The van der Waals surface area contributed by atoms with Crippen molar-refractivity contribution in [3.05, 3.63) is 115 Å². The lowest BCUT2D eigenvalue weighted by molar-refractivity contribution is -0.136. The van der Waals surface area contributed by atoms with Gasteiger partial charge in [-0.1, -0.05) is 122 Å². The van der Waals surface area contributed by atoms with Gasteiger partial charge in [0.15, 0.2) is 0 Å². The van der Waals surface area contributed by atoms with Gasteiger partial charge >= 0.3 is 23.9 Å². The minimum absolute atomic E-state index is 0.222. The fraction of sp³-hybridized carbons (Fsp3) is 0.492. The van der Waals surface area contributed by atoms with Crippen LogP contribution in [0.2, 0.25) is 0 Å². The minimum atomic E-state index is -0.745. The lowest BCUT2D eigenvalue weighted by atomic mass is 9.99. The van der Waals surface area contributed by atoms with Gasteiger partial charge in [0.05, 0.1) is 64.4 Å². The number of benzene rings is 4. The van der Waals surface area contributed by atoms with Crippen molar-refractivity contribution in [2.24, 2.45) is 0 Å². The van der Waals surface area contributed by atoms with Crippen LogP contribution in [0.1, 0.15) is 202 Å². The van der Waals surface area contributed by atoms with Gasteiger partial charge in [0, 0.05) is 6.42 Å². The number of aryl methyl sites for hydroxylation is 3. The summed E-state index contributed by atoms with van der Waals surface area (Å²) in [5.41, 5.74) is 5.13. The van der Waals surface area contributed by atoms with Gasteiger partial charge in [-0.3, -0.25) is 4.79 Å². The monoisotopic (exact) mass is 1130 g/mol. The molecular formula is C59H87IN2O11. The summed E-state index contributed by atoms with van der Waals surface area (Å²) in [5.74, 6) is 0.768. The number of esters is 3. The van der Waals surface area contributed by atoms with E-state index in [1.165, 1.54) is 12.1 Å². The van der Waals surface area contributed by atoms with E-state index in [-0.39, 0.29) is 12.4 Å². The molecule has 0 spiro atoms. The van der Waals surface area contributed by atoms with Crippen LogP contribution in [-0.4, -0.2) is 62.0 Å². The predicted molar refractivity (Wildman–Crippen MR) is 304 cm³/mol. The summed E-state index contributed by atoms with van der Waals surface area (Å²) in [7, 11) is 0. The molecule has 0 atom stereocenters. The number of aliphatic carboxylic acids is 1. The molecule has 0 aliphatic carbocycles. The highest BCUT2D eigenvalue weighted by Crippen LogP contribution is 2.33. The van der Waals surface area contributed by atoms with Crippen molar-refractivity contribution < 1.29 is 52.7 Å². The first-order valence-corrected chi connectivity index (χ1v) is 27.3. The van der Waals surface area contributed by atoms with Gasteiger partial charge in [-0.15, -0.1) is 0 Å². The zero-order valence-electron chi connectivity index (χ0n) is 47.1. The molecular weight excluding hydrogens is 1040 g/mol. The highest BCUT2D eigenvalue weighted by atomic mass is 127. The maximum atomic E-state index is 12.2. The van der Waals surface area contributed by atoms with E-state index < -0.39 is 17.9 Å². The molecule has 0 fully saturated rings. The lowest BCUT2D eigenvalue weighted by Gasteiger charge is -2.19. The molecule has 0 saturated carbocycles. The Labute approximate surface area is 453 Å². The summed E-state index contributed by atoms with van der Waals surface area (Å²) >= 11 is 2.20. The fourth-order valence-corrected chi connectivity index (χ4v) is 6.84. The smallest absolute Gasteiger partial charge is 0.343 e. The first-order valence-electron chi connectivity index (χ1n) is 26.2. The topological polar surface area (TPSA) is 191 Å². The summed E-state index contributed by atoms with van der Waals surface area (Å²) in [4.78, 5) is 44.8. The molecule has 3 heterocycles. The number of ether oxygens (including phenoxy) is 6. The Hall–Kier alpha value is -6.13. The van der Waals surface area contributed by atoms with Gasteiger partial charge in [0.2, 0.25) is 0 Å². The van der Waals surface area contributed by atoms with E-state index in [1.54, 1.807) is 50.2 Å². The number of hydrogen-bond donors (Lipinski definition) is 1. The van der Waals surface area contributed by atoms with Crippen molar-refractivity contribution in [2.45, 2.75) is 163 Å². The van der Waals surface area contributed by atoms with Gasteiger partial charge in [-0.05, 0) is 140 Å². The maximum absolute atomic E-state index is 12.2. The summed E-state index contributed by atoms with van der Waals surface area (Å²) in [6.45, 7) is 35.9. The van der Waals surface area contributed by atoms with Crippen molar-refractivity contribution in [1.29, 1.82) is 10.5 Å². The Morgan fingerprint density at radius 3 is 1.21 bits per heavy atom. The minimum Gasteiger partial charge on any atom is -0.492 e. The SMILES string of the molecule is CC.CC.CC.CC.CC.CC.CC.CCC(=O)O.CCOC(=O)c1cc(C#N)c2c(c1)CCCO2.CCOC(=O)c1cc(I)c2c(c1)CCCO2.N#Cc1cc(C(=O)Oc2ccccc2)cc2c1OCCC2. The zero-order valence-corrected chi connectivity index (χ0v) is 49.3. The molecule has 0 radical (unpaired) electrons. The zero-order chi connectivity index (χ0) is 56.7. The van der Waals surface area contributed by atoms with E-state index in [4.69, 9.17) is 38.8 Å². The number of halogens is 1. The Morgan fingerprint density at radius 1 is 0.534 bits per heavy atom. The Morgan fingerprint density at radius 2 is 0.863 bits per heavy atom. The number of para-hydroxylation sites is 1. The van der Waals surface area contributed by atoms with E-state index in [1.807, 2.05) is 122 Å². The van der Waals surface area contributed by atoms with Crippen molar-refractivity contribution >= 4 is 46.5 Å². The standard InChI is InChI=1S/C17H13NO3.C13H13NO3.C12H13IO3.C3H6O2.7C2H6/c18-11-14-10-13(9-12-5-4-8-20-16(12)14)17(19)21-15-6-2-1-3-7-15;1-2-16-13(15)10-6-9-4-3-5-17-12(9)11(7-10)8-14;1-2-15-12(14)9-6-8-4-3-5-16-11(8)10(13)7-9;1-2-3(4)5;7*1-2/h1-3,6-7,9-10H,4-5,8H2;6-7H,2-5H2,1H3;6-7H,2-5H2,1H3;2H2,1H3,(H,4,5);7*1-2H3. The van der Waals surface area contributed by atoms with Crippen LogP contribution in [0.3, 0.4) is 0 Å². The van der Waals surface area contributed by atoms with Crippen LogP contribution in [0.15, 0.2) is 66.7 Å². The van der Waals surface area contributed by atoms with Crippen molar-refractivity contribution in [3.63, 3.8) is 0 Å². The maximum Gasteiger partial charge on any atom is 0.343 e. The quantitative estimate of drug-likeness (QED) is 0.105. The molecule has 406 valence electrons. The summed E-state index contributed by atoms with van der Waals surface area (Å²) in [6.07, 6.45) is 5.63. The molecule has 14 heteroatoms. The third-order valence-electron chi connectivity index (χ3n) is 8.72. The summed E-state index contributed by atoms with van der Waals surface area (Å²) in [6, 6.07) is 23.3. The van der Waals surface area contributed by atoms with Gasteiger partial charge in [-0.25, -0.2) is 14.4 Å². The number of carbonyl (C=O) groups is 4. The molecule has 13 nitrogen and oxygen atoms in total. The molecule has 0 saturated heterocycles. The number of rotatable bonds is 7. The number of nitrogens with zero attached hydrogens (tertiary/aromatic N) is 2. The summed E-state index contributed by atoms with van der Waals surface area (Å²) in [5, 5.41) is 26.0. The van der Waals surface area contributed by atoms with Crippen LogP contribution in [-0.2, 0) is 33.5 Å². The first-order chi connectivity index (χ1) is 35.5. The molecule has 3 aliphatic rings. The molecule has 0 amide bonds. The number of carboxylic acid groups (broad SMARTS) is 1. The van der Waals surface area contributed by atoms with E-state index in [2.05, 4.69) is 34.7 Å². The summed E-state index contributed by atoms with van der Waals surface area (Å²) < 4.78 is 32.8. The number of nitriles is 2. The second kappa shape index (κ2) is 48.2. The number of fused-ring (bicyclic) bond motifs is 3. The van der Waals surface area contributed by atoms with Crippen LogP contribution in [0, 0.1) is 26.2 Å². The van der Waals surface area contributed by atoms with Crippen LogP contribution in [0.5, 0.6) is 23.0 Å². The molecule has 4 aromatic carbocycles. The molecule has 3 aliphatic heterocycles. The Bertz CT molecular complexity index is 2220. The third kappa shape index (κ3) is 27.5. The molecule has 0 bridgehead atoms. The molecule has 73 heavy (non-hydrogen) atoms. The largest absolute Gasteiger partial charge is 0.492 e. The molecule has 4 aromatic rings.